The van der Waals surface area contributed by atoms with Gasteiger partial charge < -0.3 is 10.5 Å². The molecule has 5 unspecified atom stereocenters. The zero-order valence-corrected chi connectivity index (χ0v) is 9.46. The lowest BCUT2D eigenvalue weighted by Crippen LogP contribution is -2.39. The molecular formula is C10H19NO2S. The molecule has 2 N–H and O–H groups in total. The summed E-state index contributed by atoms with van der Waals surface area (Å²) in [5.74, 6) is 0. The molecule has 0 aromatic heterocycles. The number of ether oxygens (including phenoxy) is 1. The van der Waals surface area contributed by atoms with Crippen LogP contribution in [0.15, 0.2) is 0 Å². The SMILES string of the molecule is CC1OCCC1S(=O)C1CCCC1N. The molecule has 1 heterocycles. The van der Waals surface area contributed by atoms with Crippen molar-refractivity contribution >= 4 is 10.8 Å². The average Bonchev–Trinajstić information content (AvgIpc) is 2.73. The first-order valence-electron chi connectivity index (χ1n) is 5.46. The van der Waals surface area contributed by atoms with Gasteiger partial charge in [-0.1, -0.05) is 6.42 Å². The second-order valence-corrected chi connectivity index (χ2v) is 6.23. The molecule has 0 bridgehead atoms. The van der Waals surface area contributed by atoms with Crippen molar-refractivity contribution in [3.63, 3.8) is 0 Å². The lowest BCUT2D eigenvalue weighted by atomic mass is 10.2. The summed E-state index contributed by atoms with van der Waals surface area (Å²) in [5.41, 5.74) is 5.96. The van der Waals surface area contributed by atoms with Crippen LogP contribution in [0.25, 0.3) is 0 Å². The smallest absolute Gasteiger partial charge is 0.0691 e. The molecule has 0 aromatic rings. The monoisotopic (exact) mass is 217 g/mol. The summed E-state index contributed by atoms with van der Waals surface area (Å²) >= 11 is 0. The Morgan fingerprint density at radius 2 is 2.07 bits per heavy atom. The molecule has 2 fully saturated rings. The standard InChI is InChI=1S/C10H19NO2S/c1-7-9(5-6-13-7)14(12)10-4-2-3-8(10)11/h7-10H,2-6,11H2,1H3. The molecule has 4 heteroatoms. The topological polar surface area (TPSA) is 52.3 Å². The van der Waals surface area contributed by atoms with Gasteiger partial charge in [-0.05, 0) is 26.2 Å². The zero-order valence-electron chi connectivity index (χ0n) is 8.65. The van der Waals surface area contributed by atoms with Gasteiger partial charge in [-0.3, -0.25) is 4.21 Å². The molecule has 1 saturated carbocycles. The highest BCUT2D eigenvalue weighted by atomic mass is 32.2. The van der Waals surface area contributed by atoms with Gasteiger partial charge >= 0.3 is 0 Å². The van der Waals surface area contributed by atoms with Crippen molar-refractivity contribution in [1.82, 2.24) is 0 Å². The van der Waals surface area contributed by atoms with Crippen LogP contribution in [0.4, 0.5) is 0 Å². The van der Waals surface area contributed by atoms with Crippen molar-refractivity contribution in [2.24, 2.45) is 5.73 Å². The third-order valence-electron chi connectivity index (χ3n) is 3.41. The Balaban J connectivity index is 2.00. The minimum absolute atomic E-state index is 0.156. The molecular weight excluding hydrogens is 198 g/mol. The summed E-state index contributed by atoms with van der Waals surface area (Å²) in [6.45, 7) is 2.79. The first-order chi connectivity index (χ1) is 6.70. The lowest BCUT2D eigenvalue weighted by molar-refractivity contribution is 0.126. The molecule has 3 nitrogen and oxygen atoms in total. The largest absolute Gasteiger partial charge is 0.377 e. The van der Waals surface area contributed by atoms with Gasteiger partial charge in [-0.2, -0.15) is 0 Å². The zero-order chi connectivity index (χ0) is 10.1. The fourth-order valence-corrected chi connectivity index (χ4v) is 4.60. The Morgan fingerprint density at radius 1 is 1.29 bits per heavy atom. The van der Waals surface area contributed by atoms with E-state index in [1.165, 1.54) is 0 Å². The van der Waals surface area contributed by atoms with E-state index < -0.39 is 10.8 Å². The molecule has 82 valence electrons. The summed E-state index contributed by atoms with van der Waals surface area (Å²) in [4.78, 5) is 0. The molecule has 0 radical (unpaired) electrons. The molecule has 0 aromatic carbocycles. The molecule has 1 saturated heterocycles. The van der Waals surface area contributed by atoms with Gasteiger partial charge in [-0.25, -0.2) is 0 Å². The molecule has 5 atom stereocenters. The van der Waals surface area contributed by atoms with Crippen molar-refractivity contribution in [3.8, 4) is 0 Å². The number of nitrogens with two attached hydrogens (primary N) is 1. The summed E-state index contributed by atoms with van der Waals surface area (Å²) in [7, 11) is -0.781. The van der Waals surface area contributed by atoms with Crippen molar-refractivity contribution in [2.45, 2.75) is 55.3 Å². The van der Waals surface area contributed by atoms with E-state index in [0.29, 0.717) is 0 Å². The summed E-state index contributed by atoms with van der Waals surface area (Å²) in [6, 6.07) is 0.156. The van der Waals surface area contributed by atoms with E-state index in [-0.39, 0.29) is 22.6 Å². The van der Waals surface area contributed by atoms with Crippen LogP contribution < -0.4 is 5.73 Å². The van der Waals surface area contributed by atoms with Gasteiger partial charge in [-0.15, -0.1) is 0 Å². The second kappa shape index (κ2) is 4.29. The highest BCUT2D eigenvalue weighted by Crippen LogP contribution is 2.29. The van der Waals surface area contributed by atoms with Gasteiger partial charge in [0.15, 0.2) is 0 Å². The van der Waals surface area contributed by atoms with E-state index in [1.54, 1.807) is 0 Å². The normalized spacial score (nSPS) is 45.6. The van der Waals surface area contributed by atoms with E-state index in [9.17, 15) is 4.21 Å². The van der Waals surface area contributed by atoms with Crippen LogP contribution in [0, 0.1) is 0 Å². The Kier molecular flexibility index (Phi) is 3.24. The van der Waals surface area contributed by atoms with Gasteiger partial charge in [0.2, 0.25) is 0 Å². The average molecular weight is 217 g/mol. The molecule has 14 heavy (non-hydrogen) atoms. The van der Waals surface area contributed by atoms with E-state index in [1.807, 2.05) is 6.92 Å². The van der Waals surface area contributed by atoms with Crippen LogP contribution in [0.2, 0.25) is 0 Å². The summed E-state index contributed by atoms with van der Waals surface area (Å²) in [6.07, 6.45) is 4.31. The molecule has 2 rings (SSSR count). The third kappa shape index (κ3) is 1.88. The number of hydrogen-bond donors (Lipinski definition) is 1. The van der Waals surface area contributed by atoms with Crippen LogP contribution in [-0.4, -0.2) is 33.5 Å². The predicted molar refractivity (Wildman–Crippen MR) is 57.6 cm³/mol. The summed E-state index contributed by atoms with van der Waals surface area (Å²) in [5, 5.41) is 0.452. The van der Waals surface area contributed by atoms with Crippen molar-refractivity contribution < 1.29 is 8.95 Å². The third-order valence-corrected chi connectivity index (χ3v) is 5.80. The Bertz CT molecular complexity index is 212. The van der Waals surface area contributed by atoms with Crippen molar-refractivity contribution in [2.75, 3.05) is 6.61 Å². The second-order valence-electron chi connectivity index (χ2n) is 4.36. The van der Waals surface area contributed by atoms with Crippen molar-refractivity contribution in [1.29, 1.82) is 0 Å². The first kappa shape index (κ1) is 10.6. The van der Waals surface area contributed by atoms with Crippen LogP contribution >= 0.6 is 0 Å². The molecule has 0 spiro atoms. The first-order valence-corrected chi connectivity index (χ1v) is 6.74. The van der Waals surface area contributed by atoms with E-state index >= 15 is 0 Å². The van der Waals surface area contributed by atoms with Gasteiger partial charge in [0.25, 0.3) is 0 Å². The molecule has 1 aliphatic carbocycles. The Labute approximate surface area is 87.8 Å². The highest BCUT2D eigenvalue weighted by molar-refractivity contribution is 7.86. The minimum Gasteiger partial charge on any atom is -0.377 e. The Hall–Kier alpha value is 0.0700. The Morgan fingerprint density at radius 3 is 2.57 bits per heavy atom. The fourth-order valence-electron chi connectivity index (χ4n) is 2.48. The summed E-state index contributed by atoms with van der Waals surface area (Å²) < 4.78 is 17.7. The maximum atomic E-state index is 12.2. The maximum absolute atomic E-state index is 12.2. The fraction of sp³-hybridized carbons (Fsp3) is 1.00. The van der Waals surface area contributed by atoms with Crippen LogP contribution in [0.5, 0.6) is 0 Å². The van der Waals surface area contributed by atoms with Crippen LogP contribution in [0.3, 0.4) is 0 Å². The van der Waals surface area contributed by atoms with Crippen molar-refractivity contribution in [3.05, 3.63) is 0 Å². The van der Waals surface area contributed by atoms with Gasteiger partial charge in [0.05, 0.1) is 16.6 Å². The minimum atomic E-state index is -0.781. The van der Waals surface area contributed by atoms with E-state index in [0.717, 1.165) is 32.3 Å². The highest BCUT2D eigenvalue weighted by Gasteiger charge is 2.38. The quantitative estimate of drug-likeness (QED) is 0.744. The van der Waals surface area contributed by atoms with Gasteiger partial charge in [0, 0.05) is 23.4 Å². The van der Waals surface area contributed by atoms with Crippen LogP contribution in [-0.2, 0) is 15.5 Å². The molecule has 0 amide bonds. The van der Waals surface area contributed by atoms with E-state index in [2.05, 4.69) is 0 Å². The number of hydrogen-bond acceptors (Lipinski definition) is 3. The lowest BCUT2D eigenvalue weighted by Gasteiger charge is -2.21. The molecule has 2 aliphatic rings. The maximum Gasteiger partial charge on any atom is 0.0691 e. The molecule has 1 aliphatic heterocycles. The number of rotatable bonds is 2. The predicted octanol–water partition coefficient (Wildman–Crippen LogP) is 0.792. The van der Waals surface area contributed by atoms with E-state index in [4.69, 9.17) is 10.5 Å². The van der Waals surface area contributed by atoms with Crippen LogP contribution in [0.1, 0.15) is 32.6 Å². The van der Waals surface area contributed by atoms with Gasteiger partial charge in [0.1, 0.15) is 0 Å².